The minimum atomic E-state index is -0.811. The van der Waals surface area contributed by atoms with Crippen LogP contribution in [0, 0.1) is 13.8 Å². The van der Waals surface area contributed by atoms with Crippen molar-refractivity contribution in [2.45, 2.75) is 46.2 Å². The molecule has 1 aliphatic rings. The highest BCUT2D eigenvalue weighted by atomic mass is 16.5. The second kappa shape index (κ2) is 4.68. The fraction of sp³-hybridized carbons (Fsp3) is 0.615. The Bertz CT molecular complexity index is 504. The first-order valence-electron chi connectivity index (χ1n) is 6.39. The van der Waals surface area contributed by atoms with E-state index in [4.69, 9.17) is 4.52 Å². The zero-order valence-corrected chi connectivity index (χ0v) is 11.7. The number of carbonyl (C=O) groups excluding carboxylic acids is 2. The molecule has 0 aromatic carbocycles. The van der Waals surface area contributed by atoms with Crippen LogP contribution in [0.2, 0.25) is 0 Å². The molecule has 0 radical (unpaired) electrons. The number of aryl methyl sites for hydroxylation is 2. The van der Waals surface area contributed by atoms with Gasteiger partial charge in [0.2, 0.25) is 11.8 Å². The van der Waals surface area contributed by atoms with E-state index in [2.05, 4.69) is 10.5 Å². The predicted molar refractivity (Wildman–Crippen MR) is 68.2 cm³/mol. The van der Waals surface area contributed by atoms with Crippen LogP contribution >= 0.6 is 0 Å². The molecule has 0 saturated carbocycles. The lowest BCUT2D eigenvalue weighted by atomic mass is 9.94. The van der Waals surface area contributed by atoms with E-state index in [0.29, 0.717) is 18.7 Å². The second-order valence-electron chi connectivity index (χ2n) is 5.20. The number of piperazine rings is 1. The van der Waals surface area contributed by atoms with Crippen LogP contribution in [0.15, 0.2) is 4.52 Å². The number of amides is 2. The SMILES string of the molecule is CCC1(C)NC(=O)CN(Cc2c(C)noc2C)C1=O. The minimum absolute atomic E-state index is 0.0606. The molecular weight excluding hydrogens is 246 g/mol. The van der Waals surface area contributed by atoms with Gasteiger partial charge in [-0.1, -0.05) is 12.1 Å². The van der Waals surface area contributed by atoms with Gasteiger partial charge in [0.1, 0.15) is 11.3 Å². The molecule has 2 heterocycles. The second-order valence-corrected chi connectivity index (χ2v) is 5.20. The summed E-state index contributed by atoms with van der Waals surface area (Å²) in [6.45, 7) is 7.73. The van der Waals surface area contributed by atoms with Crippen LogP contribution in [0.4, 0.5) is 0 Å². The van der Waals surface area contributed by atoms with Crippen LogP contribution in [0.5, 0.6) is 0 Å². The topological polar surface area (TPSA) is 75.4 Å². The summed E-state index contributed by atoms with van der Waals surface area (Å²) < 4.78 is 5.09. The van der Waals surface area contributed by atoms with E-state index >= 15 is 0 Å². The summed E-state index contributed by atoms with van der Waals surface area (Å²) in [4.78, 5) is 25.7. The van der Waals surface area contributed by atoms with E-state index in [1.807, 2.05) is 20.8 Å². The molecule has 19 heavy (non-hydrogen) atoms. The number of nitrogens with zero attached hydrogens (tertiary/aromatic N) is 2. The van der Waals surface area contributed by atoms with Gasteiger partial charge < -0.3 is 14.7 Å². The Labute approximate surface area is 112 Å². The molecule has 1 N–H and O–H groups in total. The Morgan fingerprint density at radius 3 is 2.63 bits per heavy atom. The lowest BCUT2D eigenvalue weighted by molar-refractivity contribution is -0.149. The summed E-state index contributed by atoms with van der Waals surface area (Å²) in [5, 5.41) is 6.63. The molecule has 1 unspecified atom stereocenters. The molecule has 1 aliphatic heterocycles. The molecule has 1 saturated heterocycles. The lowest BCUT2D eigenvalue weighted by Crippen LogP contribution is -2.64. The Hall–Kier alpha value is -1.85. The molecule has 1 fully saturated rings. The van der Waals surface area contributed by atoms with Gasteiger partial charge in [0.25, 0.3) is 0 Å². The average molecular weight is 265 g/mol. The zero-order valence-electron chi connectivity index (χ0n) is 11.7. The number of hydrogen-bond acceptors (Lipinski definition) is 4. The van der Waals surface area contributed by atoms with Crippen LogP contribution in [0.25, 0.3) is 0 Å². The Kier molecular flexibility index (Phi) is 3.34. The van der Waals surface area contributed by atoms with Crippen LogP contribution < -0.4 is 5.32 Å². The molecule has 104 valence electrons. The van der Waals surface area contributed by atoms with Crippen molar-refractivity contribution in [1.82, 2.24) is 15.4 Å². The highest BCUT2D eigenvalue weighted by molar-refractivity contribution is 5.97. The molecule has 6 nitrogen and oxygen atoms in total. The summed E-state index contributed by atoms with van der Waals surface area (Å²) in [7, 11) is 0. The summed E-state index contributed by atoms with van der Waals surface area (Å²) in [6.07, 6.45) is 0.565. The van der Waals surface area contributed by atoms with Gasteiger partial charge >= 0.3 is 0 Å². The highest BCUT2D eigenvalue weighted by Crippen LogP contribution is 2.22. The maximum atomic E-state index is 12.4. The fourth-order valence-corrected chi connectivity index (χ4v) is 2.28. The number of rotatable bonds is 3. The first-order valence-corrected chi connectivity index (χ1v) is 6.39. The van der Waals surface area contributed by atoms with Crippen molar-refractivity contribution in [2.24, 2.45) is 0 Å². The van der Waals surface area contributed by atoms with Gasteiger partial charge in [0.15, 0.2) is 0 Å². The number of carbonyl (C=O) groups is 2. The number of nitrogens with one attached hydrogen (secondary N) is 1. The van der Waals surface area contributed by atoms with E-state index in [0.717, 1.165) is 11.3 Å². The molecule has 2 amide bonds. The molecule has 2 rings (SSSR count). The van der Waals surface area contributed by atoms with E-state index < -0.39 is 5.54 Å². The van der Waals surface area contributed by atoms with Gasteiger partial charge in [0, 0.05) is 5.56 Å². The van der Waals surface area contributed by atoms with Crippen molar-refractivity contribution in [3.05, 3.63) is 17.0 Å². The third-order valence-electron chi connectivity index (χ3n) is 3.75. The molecule has 1 aromatic rings. The van der Waals surface area contributed by atoms with Crippen molar-refractivity contribution >= 4 is 11.8 Å². The van der Waals surface area contributed by atoms with Crippen molar-refractivity contribution < 1.29 is 14.1 Å². The van der Waals surface area contributed by atoms with E-state index in [-0.39, 0.29) is 18.4 Å². The standard InChI is InChI=1S/C13H19N3O3/c1-5-13(4)12(18)16(7-11(17)14-13)6-10-8(2)15-19-9(10)3/h5-7H2,1-4H3,(H,14,17). The largest absolute Gasteiger partial charge is 0.361 e. The summed E-state index contributed by atoms with van der Waals surface area (Å²) in [5.74, 6) is 0.500. The summed E-state index contributed by atoms with van der Waals surface area (Å²) >= 11 is 0. The molecule has 1 atom stereocenters. The predicted octanol–water partition coefficient (Wildman–Crippen LogP) is 0.919. The monoisotopic (exact) mass is 265 g/mol. The first kappa shape index (κ1) is 13.6. The van der Waals surface area contributed by atoms with Gasteiger partial charge in [-0.15, -0.1) is 0 Å². The molecule has 0 aliphatic carbocycles. The summed E-state index contributed by atoms with van der Waals surface area (Å²) in [5.41, 5.74) is 0.824. The minimum Gasteiger partial charge on any atom is -0.361 e. The maximum Gasteiger partial charge on any atom is 0.248 e. The van der Waals surface area contributed by atoms with Crippen LogP contribution in [0.1, 0.15) is 37.3 Å². The Morgan fingerprint density at radius 1 is 1.42 bits per heavy atom. The first-order chi connectivity index (χ1) is 8.87. The maximum absolute atomic E-state index is 12.4. The van der Waals surface area contributed by atoms with Gasteiger partial charge in [0.05, 0.1) is 18.8 Å². The van der Waals surface area contributed by atoms with E-state index in [1.54, 1.807) is 11.8 Å². The lowest BCUT2D eigenvalue weighted by Gasteiger charge is -2.39. The normalized spacial score (nSPS) is 23.7. The van der Waals surface area contributed by atoms with Gasteiger partial charge in [-0.3, -0.25) is 9.59 Å². The van der Waals surface area contributed by atoms with Crippen molar-refractivity contribution in [1.29, 1.82) is 0 Å². The third kappa shape index (κ3) is 2.34. The van der Waals surface area contributed by atoms with E-state index in [1.165, 1.54) is 0 Å². The van der Waals surface area contributed by atoms with Crippen molar-refractivity contribution in [2.75, 3.05) is 6.54 Å². The fourth-order valence-electron chi connectivity index (χ4n) is 2.28. The molecule has 1 aromatic heterocycles. The van der Waals surface area contributed by atoms with Crippen LogP contribution in [0.3, 0.4) is 0 Å². The van der Waals surface area contributed by atoms with E-state index in [9.17, 15) is 9.59 Å². The van der Waals surface area contributed by atoms with Gasteiger partial charge in [-0.05, 0) is 27.2 Å². The highest BCUT2D eigenvalue weighted by Gasteiger charge is 2.41. The summed E-state index contributed by atoms with van der Waals surface area (Å²) in [6, 6.07) is 0. The third-order valence-corrected chi connectivity index (χ3v) is 3.75. The van der Waals surface area contributed by atoms with Gasteiger partial charge in [-0.2, -0.15) is 0 Å². The molecule has 0 bridgehead atoms. The Morgan fingerprint density at radius 2 is 2.11 bits per heavy atom. The number of aromatic nitrogens is 1. The number of hydrogen-bond donors (Lipinski definition) is 1. The Balaban J connectivity index is 2.25. The quantitative estimate of drug-likeness (QED) is 0.881. The average Bonchev–Trinajstić information content (AvgIpc) is 2.67. The van der Waals surface area contributed by atoms with Crippen molar-refractivity contribution in [3.8, 4) is 0 Å². The van der Waals surface area contributed by atoms with Gasteiger partial charge in [-0.25, -0.2) is 0 Å². The molecule has 6 heteroatoms. The van der Waals surface area contributed by atoms with Crippen molar-refractivity contribution in [3.63, 3.8) is 0 Å². The molecular formula is C13H19N3O3. The molecule has 0 spiro atoms. The van der Waals surface area contributed by atoms with Crippen LogP contribution in [-0.4, -0.2) is 34.0 Å². The van der Waals surface area contributed by atoms with Crippen LogP contribution in [-0.2, 0) is 16.1 Å². The zero-order chi connectivity index (χ0) is 14.2. The smallest absolute Gasteiger partial charge is 0.248 e.